The summed E-state index contributed by atoms with van der Waals surface area (Å²) in [5.41, 5.74) is 5.65. The Kier molecular flexibility index (Phi) is 7.50. The molecule has 2 aromatic carbocycles. The van der Waals surface area contributed by atoms with Crippen molar-refractivity contribution in [2.24, 2.45) is 0 Å². The minimum atomic E-state index is -0.290. The van der Waals surface area contributed by atoms with Crippen LogP contribution in [0.1, 0.15) is 24.0 Å². The molecule has 2 fully saturated rings. The summed E-state index contributed by atoms with van der Waals surface area (Å²) in [5.74, 6) is 2.04. The predicted octanol–water partition coefficient (Wildman–Crippen LogP) is 4.33. The van der Waals surface area contributed by atoms with Gasteiger partial charge in [-0.1, -0.05) is 18.2 Å². The van der Waals surface area contributed by atoms with Gasteiger partial charge in [-0.15, -0.1) is 0 Å². The van der Waals surface area contributed by atoms with Gasteiger partial charge < -0.3 is 24.3 Å². The summed E-state index contributed by atoms with van der Waals surface area (Å²) in [6, 6.07) is 6.56. The highest BCUT2D eigenvalue weighted by Crippen LogP contribution is 2.48. The smallest absolute Gasteiger partial charge is 0.246 e. The van der Waals surface area contributed by atoms with Crippen LogP contribution in [0.15, 0.2) is 31.0 Å². The van der Waals surface area contributed by atoms with Crippen molar-refractivity contribution in [2.45, 2.75) is 38.3 Å². The number of benzene rings is 2. The molecule has 0 saturated carbocycles. The summed E-state index contributed by atoms with van der Waals surface area (Å²) in [6.07, 6.45) is 5.06. The van der Waals surface area contributed by atoms with E-state index >= 15 is 0 Å². The number of aromatic amines is 1. The molecule has 2 saturated heterocycles. The first-order chi connectivity index (χ1) is 21.8. The van der Waals surface area contributed by atoms with Crippen LogP contribution >= 0.6 is 11.6 Å². The Morgan fingerprint density at radius 3 is 2.82 bits per heavy atom. The van der Waals surface area contributed by atoms with E-state index < -0.39 is 0 Å². The number of hydrogen-bond acceptors (Lipinski definition) is 9. The van der Waals surface area contributed by atoms with Gasteiger partial charge in [-0.3, -0.25) is 9.89 Å². The lowest BCUT2D eigenvalue weighted by atomic mass is 9.90. The zero-order chi connectivity index (χ0) is 31.4. The van der Waals surface area contributed by atoms with Crippen molar-refractivity contribution in [3.05, 3.63) is 47.1 Å². The minimum absolute atomic E-state index is 0.163. The number of carbonyl (C=O) groups excluding carboxylic acids is 1. The maximum atomic E-state index is 12.7. The second-order valence-corrected chi connectivity index (χ2v) is 12.7. The van der Waals surface area contributed by atoms with Crippen molar-refractivity contribution in [2.75, 3.05) is 63.2 Å². The summed E-state index contributed by atoms with van der Waals surface area (Å²) >= 11 is 7.06. The monoisotopic (exact) mass is 625 g/mol. The minimum Gasteiger partial charge on any atom is -0.492 e. The van der Waals surface area contributed by atoms with Gasteiger partial charge in [-0.05, 0) is 63.2 Å². The molecule has 2 aromatic heterocycles. The van der Waals surface area contributed by atoms with Crippen LogP contribution in [0.3, 0.4) is 0 Å². The zero-order valence-corrected chi connectivity index (χ0v) is 26.6. The van der Waals surface area contributed by atoms with E-state index in [-0.39, 0.29) is 18.4 Å². The molecule has 12 heteroatoms. The molecule has 0 spiro atoms. The number of aryl methyl sites for hydroxylation is 1. The Bertz CT molecular complexity index is 1870. The number of hydrogen-bond donors (Lipinski definition) is 1. The van der Waals surface area contributed by atoms with Gasteiger partial charge in [-0.25, -0.2) is 4.98 Å². The highest BCUT2D eigenvalue weighted by molar-refractivity contribution is 6.36. The predicted molar refractivity (Wildman–Crippen MR) is 176 cm³/mol. The lowest BCUT2D eigenvalue weighted by Gasteiger charge is -2.44. The number of nitrogens with zero attached hydrogens (tertiary/aromatic N) is 8. The molecule has 7 rings (SSSR count). The molecule has 1 atom stereocenters. The summed E-state index contributed by atoms with van der Waals surface area (Å²) in [6.45, 7) is 9.40. The Morgan fingerprint density at radius 2 is 2.07 bits per heavy atom. The Labute approximate surface area is 267 Å². The van der Waals surface area contributed by atoms with Crippen molar-refractivity contribution in [3.8, 4) is 22.9 Å². The third-order valence-electron chi connectivity index (χ3n) is 9.41. The first-order valence-electron chi connectivity index (χ1n) is 15.4. The molecule has 3 aliphatic rings. The van der Waals surface area contributed by atoms with Gasteiger partial charge in [0.2, 0.25) is 11.9 Å². The van der Waals surface area contributed by atoms with Crippen LogP contribution in [-0.4, -0.2) is 101 Å². The zero-order valence-electron chi connectivity index (χ0n) is 25.8. The average molecular weight is 626 g/mol. The normalized spacial score (nSPS) is 18.6. The van der Waals surface area contributed by atoms with E-state index in [1.54, 1.807) is 4.90 Å². The average Bonchev–Trinajstić information content (AvgIpc) is 3.47. The van der Waals surface area contributed by atoms with Crippen LogP contribution in [0, 0.1) is 18.3 Å². The number of H-pyrrole nitrogens is 1. The molecule has 0 unspecified atom stereocenters. The number of nitrogens with one attached hydrogen (secondary N) is 1. The molecule has 1 N–H and O–H groups in total. The van der Waals surface area contributed by atoms with E-state index in [1.165, 1.54) is 6.08 Å². The highest BCUT2D eigenvalue weighted by atomic mass is 35.5. The number of halogens is 1. The molecule has 4 aromatic rings. The molecule has 3 aliphatic heterocycles. The van der Waals surface area contributed by atoms with Gasteiger partial charge in [-0.2, -0.15) is 15.3 Å². The second-order valence-electron chi connectivity index (χ2n) is 12.4. The molecular formula is C33H36ClN9O2. The maximum absolute atomic E-state index is 12.7. The fraction of sp³-hybridized carbons (Fsp3) is 0.424. The molecule has 0 aliphatic carbocycles. The lowest BCUT2D eigenvalue weighted by molar-refractivity contribution is -0.128. The quantitative estimate of drug-likeness (QED) is 0.313. The summed E-state index contributed by atoms with van der Waals surface area (Å²) in [4.78, 5) is 31.4. The number of nitriles is 1. The number of aromatic nitrogens is 4. The van der Waals surface area contributed by atoms with E-state index in [4.69, 9.17) is 26.3 Å². The van der Waals surface area contributed by atoms with Gasteiger partial charge in [0.15, 0.2) is 0 Å². The highest BCUT2D eigenvalue weighted by Gasteiger charge is 2.36. The van der Waals surface area contributed by atoms with Gasteiger partial charge in [0.05, 0.1) is 52.8 Å². The molecule has 0 bridgehead atoms. The maximum Gasteiger partial charge on any atom is 0.246 e. The van der Waals surface area contributed by atoms with E-state index in [0.717, 1.165) is 81.6 Å². The van der Waals surface area contributed by atoms with E-state index in [0.29, 0.717) is 43.3 Å². The Hall–Kier alpha value is -4.40. The molecule has 5 heterocycles. The topological polar surface area (TPSA) is 118 Å². The van der Waals surface area contributed by atoms with Crippen molar-refractivity contribution in [3.63, 3.8) is 0 Å². The van der Waals surface area contributed by atoms with Gasteiger partial charge >= 0.3 is 0 Å². The van der Waals surface area contributed by atoms with E-state index in [1.807, 2.05) is 19.2 Å². The molecule has 1 amide bonds. The van der Waals surface area contributed by atoms with Crippen molar-refractivity contribution in [1.29, 1.82) is 5.26 Å². The van der Waals surface area contributed by atoms with Crippen molar-refractivity contribution < 1.29 is 9.53 Å². The van der Waals surface area contributed by atoms with Gasteiger partial charge in [0.1, 0.15) is 11.6 Å². The molecule has 11 nitrogen and oxygen atoms in total. The Balaban J connectivity index is 1.44. The standard InChI is InChI=1S/C33H36ClN9O2/c1-5-27(44)43-11-10-41(16-20(43)8-9-35)32-29-26(37-33(38-32)42-17-21(18-42)40(3)4)14-23(22-7-6-12-45-31(22)29)28-24-15-36-39-25(24)13-19(2)30(28)34/h5,13-15,20-21H,1,6-8,10-12,16-18H2,2-4H3,(H,36,39)/t20-/m0/s1. The number of ether oxygens (including phenoxy) is 1. The number of amides is 1. The van der Waals surface area contributed by atoms with E-state index in [9.17, 15) is 10.1 Å². The molecular weight excluding hydrogens is 590 g/mol. The van der Waals surface area contributed by atoms with Crippen LogP contribution in [0.2, 0.25) is 5.02 Å². The first-order valence-corrected chi connectivity index (χ1v) is 15.8. The van der Waals surface area contributed by atoms with Gasteiger partial charge in [0, 0.05) is 55.3 Å². The third kappa shape index (κ3) is 4.93. The van der Waals surface area contributed by atoms with Crippen LogP contribution in [0.25, 0.3) is 32.9 Å². The number of piperazine rings is 1. The molecule has 232 valence electrons. The summed E-state index contributed by atoms with van der Waals surface area (Å²) in [7, 11) is 4.18. The lowest BCUT2D eigenvalue weighted by Crippen LogP contribution is -2.58. The molecule has 45 heavy (non-hydrogen) atoms. The van der Waals surface area contributed by atoms with Crippen LogP contribution in [0.5, 0.6) is 5.75 Å². The fourth-order valence-corrected chi connectivity index (χ4v) is 7.10. The van der Waals surface area contributed by atoms with Crippen LogP contribution < -0.4 is 14.5 Å². The van der Waals surface area contributed by atoms with Gasteiger partial charge in [0.25, 0.3) is 0 Å². The number of anilines is 2. The SMILES string of the molecule is C=CC(=O)N1CCN(c2nc(N3CC(N(C)C)C3)nc3cc(-c4c(Cl)c(C)cc5[nH]ncc45)c4c(c23)OCCC4)C[C@@H]1CC#N. The number of rotatable bonds is 6. The van der Waals surface area contributed by atoms with Crippen molar-refractivity contribution >= 4 is 51.1 Å². The van der Waals surface area contributed by atoms with Crippen molar-refractivity contribution in [1.82, 2.24) is 30.0 Å². The third-order valence-corrected chi connectivity index (χ3v) is 9.89. The second kappa shape index (κ2) is 11.5. The summed E-state index contributed by atoms with van der Waals surface area (Å²) in [5, 5.41) is 19.6. The first kappa shape index (κ1) is 29.3. The molecule has 0 radical (unpaired) electrons. The summed E-state index contributed by atoms with van der Waals surface area (Å²) < 4.78 is 6.51. The Morgan fingerprint density at radius 1 is 1.24 bits per heavy atom. The van der Waals surface area contributed by atoms with Crippen LogP contribution in [-0.2, 0) is 11.2 Å². The number of fused-ring (bicyclic) bond motifs is 4. The number of carbonyl (C=O) groups is 1. The number of likely N-dealkylation sites (N-methyl/N-ethyl adjacent to an activating group) is 1. The fourth-order valence-electron chi connectivity index (χ4n) is 6.84. The largest absolute Gasteiger partial charge is 0.492 e. The van der Waals surface area contributed by atoms with Crippen LogP contribution in [0.4, 0.5) is 11.8 Å². The van der Waals surface area contributed by atoms with E-state index in [2.05, 4.69) is 57.7 Å².